The number of piperazine rings is 1. The highest BCUT2D eigenvalue weighted by Gasteiger charge is 2.19. The molecule has 1 fully saturated rings. The number of ether oxygens (including phenoxy) is 1. The van der Waals surface area contributed by atoms with Crippen molar-refractivity contribution in [2.75, 3.05) is 55.4 Å². The lowest BCUT2D eigenvalue weighted by Gasteiger charge is -2.36. The van der Waals surface area contributed by atoms with Crippen molar-refractivity contribution in [1.82, 2.24) is 14.9 Å². The fraction of sp³-hybridized carbons (Fsp3) is 0.346. The number of benzene rings is 2. The van der Waals surface area contributed by atoms with Gasteiger partial charge in [0.05, 0.1) is 12.9 Å². The van der Waals surface area contributed by atoms with Crippen molar-refractivity contribution in [2.24, 2.45) is 0 Å². The first-order chi connectivity index (χ1) is 16.7. The second-order valence-corrected chi connectivity index (χ2v) is 9.06. The number of amides is 1. The van der Waals surface area contributed by atoms with Gasteiger partial charge in [0.2, 0.25) is 5.91 Å². The van der Waals surface area contributed by atoms with E-state index in [1.54, 1.807) is 13.4 Å². The predicted molar refractivity (Wildman–Crippen MR) is 138 cm³/mol. The van der Waals surface area contributed by atoms with Crippen LogP contribution in [0.25, 0.3) is 0 Å². The Morgan fingerprint density at radius 3 is 2.38 bits per heavy atom. The van der Waals surface area contributed by atoms with Crippen molar-refractivity contribution in [1.29, 1.82) is 0 Å². The molecular weight excluding hydrogens is 446 g/mol. The van der Waals surface area contributed by atoms with Gasteiger partial charge in [-0.1, -0.05) is 42.1 Å². The number of carbonyl (C=O) groups is 1. The van der Waals surface area contributed by atoms with Crippen LogP contribution in [0.5, 0.6) is 5.75 Å². The maximum absolute atomic E-state index is 12.8. The highest BCUT2D eigenvalue weighted by atomic mass is 32.2. The molecule has 0 unspecified atom stereocenters. The van der Waals surface area contributed by atoms with E-state index in [1.165, 1.54) is 17.4 Å². The molecule has 3 aromatic rings. The molecule has 2 aromatic carbocycles. The molecule has 0 N–H and O–H groups in total. The van der Waals surface area contributed by atoms with Gasteiger partial charge in [0.25, 0.3) is 0 Å². The minimum Gasteiger partial charge on any atom is -0.497 e. The van der Waals surface area contributed by atoms with Gasteiger partial charge in [-0.15, -0.1) is 0 Å². The van der Waals surface area contributed by atoms with E-state index in [-0.39, 0.29) is 5.91 Å². The number of anilines is 2. The molecule has 1 aromatic heterocycles. The zero-order valence-electron chi connectivity index (χ0n) is 19.8. The van der Waals surface area contributed by atoms with E-state index in [0.29, 0.717) is 18.8 Å². The third-order valence-corrected chi connectivity index (χ3v) is 6.87. The topological polar surface area (TPSA) is 61.8 Å². The summed E-state index contributed by atoms with van der Waals surface area (Å²) in [5, 5.41) is 0.826. The number of nitrogens with zero attached hydrogens (tertiary/aromatic N) is 5. The normalized spacial score (nSPS) is 13.6. The van der Waals surface area contributed by atoms with Crippen LogP contribution in [0.2, 0.25) is 0 Å². The molecular formula is C26H31N5O2S. The number of thioether (sulfide) groups is 1. The maximum atomic E-state index is 12.8. The number of hydrogen-bond acceptors (Lipinski definition) is 7. The third kappa shape index (κ3) is 6.20. The average molecular weight is 478 g/mol. The number of aromatic nitrogens is 2. The quantitative estimate of drug-likeness (QED) is 0.342. The van der Waals surface area contributed by atoms with Gasteiger partial charge < -0.3 is 19.4 Å². The van der Waals surface area contributed by atoms with Crippen LogP contribution in [0, 0.1) is 0 Å². The SMILES string of the molecule is CCN(Cc1ccccc1)C(=O)CSc1cc(N2CCN(c3ccc(OC)cc3)CC2)ncn1. The van der Waals surface area contributed by atoms with Crippen LogP contribution in [0.3, 0.4) is 0 Å². The first-order valence-corrected chi connectivity index (χ1v) is 12.6. The summed E-state index contributed by atoms with van der Waals surface area (Å²) in [6.07, 6.45) is 1.60. The number of methoxy groups -OCH3 is 1. The second kappa shape index (κ2) is 11.7. The van der Waals surface area contributed by atoms with E-state index in [2.05, 4.69) is 31.9 Å². The van der Waals surface area contributed by atoms with Crippen molar-refractivity contribution in [2.45, 2.75) is 18.5 Å². The second-order valence-electron chi connectivity index (χ2n) is 8.07. The van der Waals surface area contributed by atoms with Gasteiger partial charge >= 0.3 is 0 Å². The Kier molecular flexibility index (Phi) is 8.25. The molecule has 0 aliphatic carbocycles. The predicted octanol–water partition coefficient (Wildman–Crippen LogP) is 3.95. The van der Waals surface area contributed by atoms with Crippen LogP contribution in [-0.4, -0.2) is 66.4 Å². The summed E-state index contributed by atoms with van der Waals surface area (Å²) in [6, 6.07) is 20.3. The minimum atomic E-state index is 0.115. The first kappa shape index (κ1) is 23.9. The largest absolute Gasteiger partial charge is 0.497 e. The van der Waals surface area contributed by atoms with Crippen LogP contribution in [0.15, 0.2) is 72.0 Å². The molecule has 1 saturated heterocycles. The highest BCUT2D eigenvalue weighted by molar-refractivity contribution is 7.99. The van der Waals surface area contributed by atoms with E-state index in [4.69, 9.17) is 4.74 Å². The third-order valence-electron chi connectivity index (χ3n) is 5.96. The summed E-state index contributed by atoms with van der Waals surface area (Å²) in [7, 11) is 1.68. The molecule has 0 saturated carbocycles. The van der Waals surface area contributed by atoms with Gasteiger partial charge in [0.1, 0.15) is 22.9 Å². The lowest BCUT2D eigenvalue weighted by atomic mass is 10.2. The lowest BCUT2D eigenvalue weighted by Crippen LogP contribution is -2.46. The van der Waals surface area contributed by atoms with E-state index in [0.717, 1.165) is 48.3 Å². The van der Waals surface area contributed by atoms with E-state index < -0.39 is 0 Å². The first-order valence-electron chi connectivity index (χ1n) is 11.6. The molecule has 7 nitrogen and oxygen atoms in total. The molecule has 1 aliphatic heterocycles. The Morgan fingerprint density at radius 2 is 1.71 bits per heavy atom. The molecule has 178 valence electrons. The van der Waals surface area contributed by atoms with Gasteiger partial charge in [-0.05, 0) is 36.8 Å². The number of carbonyl (C=O) groups excluding carboxylic acids is 1. The van der Waals surface area contributed by atoms with Gasteiger partial charge in [0, 0.05) is 51.0 Å². The molecule has 8 heteroatoms. The Balaban J connectivity index is 1.30. The van der Waals surface area contributed by atoms with Crippen molar-refractivity contribution < 1.29 is 9.53 Å². The Bertz CT molecular complexity index is 1060. The maximum Gasteiger partial charge on any atom is 0.233 e. The number of rotatable bonds is 9. The standard InChI is InChI=1S/C26H31N5O2S/c1-3-29(18-21-7-5-4-6-8-21)26(32)19-34-25-17-24(27-20-28-25)31-15-13-30(14-16-31)22-9-11-23(33-2)12-10-22/h4-12,17,20H,3,13-16,18-19H2,1-2H3. The van der Waals surface area contributed by atoms with Crippen LogP contribution < -0.4 is 14.5 Å². The molecule has 1 aliphatic rings. The lowest BCUT2D eigenvalue weighted by molar-refractivity contribution is -0.128. The van der Waals surface area contributed by atoms with Crippen LogP contribution in [0.1, 0.15) is 12.5 Å². The molecule has 0 spiro atoms. The van der Waals surface area contributed by atoms with E-state index >= 15 is 0 Å². The summed E-state index contributed by atoms with van der Waals surface area (Å²) >= 11 is 1.47. The fourth-order valence-corrected chi connectivity index (χ4v) is 4.74. The van der Waals surface area contributed by atoms with E-state index in [9.17, 15) is 4.79 Å². The van der Waals surface area contributed by atoms with Gasteiger partial charge in [-0.3, -0.25) is 4.79 Å². The molecule has 0 atom stereocenters. The van der Waals surface area contributed by atoms with Crippen LogP contribution in [-0.2, 0) is 11.3 Å². The van der Waals surface area contributed by atoms with Crippen LogP contribution >= 0.6 is 11.8 Å². The number of hydrogen-bond donors (Lipinski definition) is 0. The average Bonchev–Trinajstić information content (AvgIpc) is 2.91. The minimum absolute atomic E-state index is 0.115. The molecule has 34 heavy (non-hydrogen) atoms. The summed E-state index contributed by atoms with van der Waals surface area (Å²) in [5.41, 5.74) is 2.34. The Labute approximate surface area is 205 Å². The summed E-state index contributed by atoms with van der Waals surface area (Å²) < 4.78 is 5.26. The van der Waals surface area contributed by atoms with Gasteiger partial charge in [-0.25, -0.2) is 9.97 Å². The smallest absolute Gasteiger partial charge is 0.233 e. The highest BCUT2D eigenvalue weighted by Crippen LogP contribution is 2.24. The van der Waals surface area contributed by atoms with Crippen LogP contribution in [0.4, 0.5) is 11.5 Å². The molecule has 2 heterocycles. The van der Waals surface area contributed by atoms with E-state index in [1.807, 2.05) is 60.4 Å². The molecule has 1 amide bonds. The summed E-state index contributed by atoms with van der Waals surface area (Å²) in [6.45, 7) is 6.93. The monoisotopic (exact) mass is 477 g/mol. The van der Waals surface area contributed by atoms with Gasteiger partial charge in [0.15, 0.2) is 0 Å². The van der Waals surface area contributed by atoms with Crippen molar-refractivity contribution >= 4 is 29.2 Å². The molecule has 0 bridgehead atoms. The van der Waals surface area contributed by atoms with Crippen molar-refractivity contribution in [3.8, 4) is 5.75 Å². The van der Waals surface area contributed by atoms with Gasteiger partial charge in [-0.2, -0.15) is 0 Å². The molecule has 4 rings (SSSR count). The van der Waals surface area contributed by atoms with Crippen molar-refractivity contribution in [3.63, 3.8) is 0 Å². The summed E-state index contributed by atoms with van der Waals surface area (Å²) in [5.74, 6) is 2.26. The Hall–Kier alpha value is -3.26. The summed E-state index contributed by atoms with van der Waals surface area (Å²) in [4.78, 5) is 28.2. The van der Waals surface area contributed by atoms with Crippen molar-refractivity contribution in [3.05, 3.63) is 72.6 Å². The molecule has 0 radical (unpaired) electrons. The zero-order valence-corrected chi connectivity index (χ0v) is 20.6. The Morgan fingerprint density at radius 1 is 1.00 bits per heavy atom. The fourth-order valence-electron chi connectivity index (χ4n) is 3.98. The zero-order chi connectivity index (χ0) is 23.8.